The number of nitrogens with one attached hydrogen (secondary N) is 1. The van der Waals surface area contributed by atoms with Crippen molar-refractivity contribution in [3.05, 3.63) is 39.9 Å². The highest BCUT2D eigenvalue weighted by molar-refractivity contribution is 5.35. The molecular formula is C13H18N2O3. The Labute approximate surface area is 106 Å². The number of nitrogens with zero attached hydrogens (tertiary/aromatic N) is 1. The van der Waals surface area contributed by atoms with Crippen LogP contribution >= 0.6 is 0 Å². The van der Waals surface area contributed by atoms with E-state index < -0.39 is 0 Å². The van der Waals surface area contributed by atoms with E-state index in [4.69, 9.17) is 4.74 Å². The van der Waals surface area contributed by atoms with Crippen LogP contribution < -0.4 is 5.32 Å². The van der Waals surface area contributed by atoms with Crippen LogP contribution in [0.2, 0.25) is 0 Å². The quantitative estimate of drug-likeness (QED) is 0.658. The highest BCUT2D eigenvalue weighted by Crippen LogP contribution is 2.20. The largest absolute Gasteiger partial charge is 0.381 e. The lowest BCUT2D eigenvalue weighted by Gasteiger charge is -2.26. The maximum Gasteiger partial charge on any atom is 0.269 e. The molecule has 2 rings (SSSR count). The Morgan fingerprint density at radius 1 is 1.44 bits per heavy atom. The molecule has 1 aromatic rings. The number of ether oxygens (including phenoxy) is 1. The summed E-state index contributed by atoms with van der Waals surface area (Å²) in [7, 11) is 0. The molecule has 1 aliphatic heterocycles. The van der Waals surface area contributed by atoms with E-state index in [1.54, 1.807) is 12.1 Å². The van der Waals surface area contributed by atoms with Gasteiger partial charge in [0, 0.05) is 37.4 Å². The van der Waals surface area contributed by atoms with Gasteiger partial charge in [-0.05, 0) is 25.3 Å². The standard InChI is InChI=1S/C13H18N2O3/c1-10(14-12-5-7-18-8-6-12)11-3-2-4-13(9-11)15(16)17/h2-4,9-10,12,14H,5-8H2,1H3. The van der Waals surface area contributed by atoms with E-state index in [1.165, 1.54) is 6.07 Å². The van der Waals surface area contributed by atoms with E-state index in [9.17, 15) is 10.1 Å². The van der Waals surface area contributed by atoms with E-state index in [0.29, 0.717) is 6.04 Å². The molecule has 1 N–H and O–H groups in total. The van der Waals surface area contributed by atoms with Crippen LogP contribution in [0.4, 0.5) is 5.69 Å². The van der Waals surface area contributed by atoms with Crippen molar-refractivity contribution in [1.29, 1.82) is 0 Å². The second kappa shape index (κ2) is 5.93. The van der Waals surface area contributed by atoms with Gasteiger partial charge in [0.1, 0.15) is 0 Å². The van der Waals surface area contributed by atoms with Crippen molar-refractivity contribution in [2.24, 2.45) is 0 Å². The summed E-state index contributed by atoms with van der Waals surface area (Å²) in [4.78, 5) is 10.4. The lowest BCUT2D eigenvalue weighted by molar-refractivity contribution is -0.384. The summed E-state index contributed by atoms with van der Waals surface area (Å²) in [5.41, 5.74) is 1.10. The smallest absolute Gasteiger partial charge is 0.269 e. The molecule has 0 bridgehead atoms. The Balaban J connectivity index is 2.01. The summed E-state index contributed by atoms with van der Waals surface area (Å²) in [6.45, 7) is 3.62. The molecule has 1 saturated heterocycles. The molecule has 1 fully saturated rings. The van der Waals surface area contributed by atoms with Crippen LogP contribution in [-0.4, -0.2) is 24.2 Å². The van der Waals surface area contributed by atoms with Crippen molar-refractivity contribution < 1.29 is 9.66 Å². The van der Waals surface area contributed by atoms with Gasteiger partial charge in [-0.2, -0.15) is 0 Å². The van der Waals surface area contributed by atoms with Gasteiger partial charge < -0.3 is 10.1 Å². The summed E-state index contributed by atoms with van der Waals surface area (Å²) in [5.74, 6) is 0. The van der Waals surface area contributed by atoms with Gasteiger partial charge in [-0.25, -0.2) is 0 Å². The molecule has 1 heterocycles. The van der Waals surface area contributed by atoms with E-state index >= 15 is 0 Å². The van der Waals surface area contributed by atoms with Crippen molar-refractivity contribution in [3.63, 3.8) is 0 Å². The first-order valence-electron chi connectivity index (χ1n) is 6.25. The molecule has 98 valence electrons. The van der Waals surface area contributed by atoms with Gasteiger partial charge in [-0.3, -0.25) is 10.1 Å². The molecule has 0 amide bonds. The van der Waals surface area contributed by atoms with Gasteiger partial charge in [0.05, 0.1) is 4.92 Å². The van der Waals surface area contributed by atoms with Crippen LogP contribution in [0.25, 0.3) is 0 Å². The predicted molar refractivity (Wildman–Crippen MR) is 68.5 cm³/mol. The molecule has 1 atom stereocenters. The Morgan fingerprint density at radius 2 is 2.17 bits per heavy atom. The van der Waals surface area contributed by atoms with Gasteiger partial charge in [0.25, 0.3) is 5.69 Å². The van der Waals surface area contributed by atoms with Crippen LogP contribution in [0, 0.1) is 10.1 Å². The molecule has 0 aromatic heterocycles. The van der Waals surface area contributed by atoms with E-state index in [-0.39, 0.29) is 16.7 Å². The van der Waals surface area contributed by atoms with Gasteiger partial charge >= 0.3 is 0 Å². The lowest BCUT2D eigenvalue weighted by atomic mass is 10.0. The second-order valence-electron chi connectivity index (χ2n) is 4.63. The van der Waals surface area contributed by atoms with E-state index in [0.717, 1.165) is 31.6 Å². The average Bonchev–Trinajstić information content (AvgIpc) is 2.40. The molecular weight excluding hydrogens is 232 g/mol. The summed E-state index contributed by atoms with van der Waals surface area (Å²) in [5, 5.41) is 14.2. The molecule has 1 unspecified atom stereocenters. The molecule has 5 heteroatoms. The third-order valence-electron chi connectivity index (χ3n) is 3.29. The highest BCUT2D eigenvalue weighted by atomic mass is 16.6. The molecule has 1 aliphatic rings. The normalized spacial score (nSPS) is 18.5. The zero-order valence-corrected chi connectivity index (χ0v) is 10.5. The fourth-order valence-corrected chi connectivity index (χ4v) is 2.22. The SMILES string of the molecule is CC(NC1CCOCC1)c1cccc([N+](=O)[O-])c1. The van der Waals surface area contributed by atoms with Crippen molar-refractivity contribution >= 4 is 5.69 Å². The van der Waals surface area contributed by atoms with Crippen LogP contribution in [0.3, 0.4) is 0 Å². The third kappa shape index (κ3) is 3.27. The van der Waals surface area contributed by atoms with Crippen molar-refractivity contribution in [1.82, 2.24) is 5.32 Å². The first-order chi connectivity index (χ1) is 8.66. The fourth-order valence-electron chi connectivity index (χ4n) is 2.22. The molecule has 1 aromatic carbocycles. The van der Waals surface area contributed by atoms with E-state index in [2.05, 4.69) is 5.32 Å². The maximum atomic E-state index is 10.7. The molecule has 0 saturated carbocycles. The zero-order valence-electron chi connectivity index (χ0n) is 10.5. The minimum Gasteiger partial charge on any atom is -0.381 e. The van der Waals surface area contributed by atoms with Crippen LogP contribution in [0.15, 0.2) is 24.3 Å². The van der Waals surface area contributed by atoms with Gasteiger partial charge in [0.15, 0.2) is 0 Å². The minimum atomic E-state index is -0.356. The van der Waals surface area contributed by atoms with Gasteiger partial charge in [-0.15, -0.1) is 0 Å². The molecule has 0 aliphatic carbocycles. The minimum absolute atomic E-state index is 0.119. The predicted octanol–water partition coefficient (Wildman–Crippen LogP) is 2.42. The van der Waals surface area contributed by atoms with Crippen LogP contribution in [0.5, 0.6) is 0 Å². The maximum absolute atomic E-state index is 10.7. The number of hydrogen-bond acceptors (Lipinski definition) is 4. The van der Waals surface area contributed by atoms with Crippen LogP contribution in [-0.2, 0) is 4.74 Å². The van der Waals surface area contributed by atoms with Gasteiger partial charge in [-0.1, -0.05) is 12.1 Å². The molecule has 18 heavy (non-hydrogen) atoms. The average molecular weight is 250 g/mol. The molecule has 0 spiro atoms. The number of nitro groups is 1. The Hall–Kier alpha value is -1.46. The number of hydrogen-bond donors (Lipinski definition) is 1. The second-order valence-corrected chi connectivity index (χ2v) is 4.63. The Bertz CT molecular complexity index is 416. The number of nitro benzene ring substituents is 1. The first-order valence-corrected chi connectivity index (χ1v) is 6.25. The molecule has 0 radical (unpaired) electrons. The van der Waals surface area contributed by atoms with Crippen molar-refractivity contribution in [3.8, 4) is 0 Å². The van der Waals surface area contributed by atoms with E-state index in [1.807, 2.05) is 13.0 Å². The summed E-state index contributed by atoms with van der Waals surface area (Å²) in [6, 6.07) is 7.36. The highest BCUT2D eigenvalue weighted by Gasteiger charge is 2.17. The fraction of sp³-hybridized carbons (Fsp3) is 0.538. The summed E-state index contributed by atoms with van der Waals surface area (Å²) >= 11 is 0. The van der Waals surface area contributed by atoms with Crippen molar-refractivity contribution in [2.45, 2.75) is 31.8 Å². The summed E-state index contributed by atoms with van der Waals surface area (Å²) < 4.78 is 5.31. The topological polar surface area (TPSA) is 64.4 Å². The van der Waals surface area contributed by atoms with Gasteiger partial charge in [0.2, 0.25) is 0 Å². The Kier molecular flexibility index (Phi) is 4.28. The van der Waals surface area contributed by atoms with Crippen LogP contribution in [0.1, 0.15) is 31.4 Å². The number of benzene rings is 1. The third-order valence-corrected chi connectivity index (χ3v) is 3.29. The first kappa shape index (κ1) is 13.0. The molecule has 5 nitrogen and oxygen atoms in total. The lowest BCUT2D eigenvalue weighted by Crippen LogP contribution is -2.36. The van der Waals surface area contributed by atoms with Crippen molar-refractivity contribution in [2.75, 3.05) is 13.2 Å². The number of rotatable bonds is 4. The monoisotopic (exact) mass is 250 g/mol. The number of non-ortho nitro benzene ring substituents is 1. The zero-order chi connectivity index (χ0) is 13.0. The Morgan fingerprint density at radius 3 is 2.83 bits per heavy atom. The summed E-state index contributed by atoms with van der Waals surface area (Å²) in [6.07, 6.45) is 2.00.